The van der Waals surface area contributed by atoms with E-state index in [2.05, 4.69) is 85.7 Å². The second-order valence-electron chi connectivity index (χ2n) is 7.75. The monoisotopic (exact) mass is 526 g/mol. The third-order valence-corrected chi connectivity index (χ3v) is 5.27. The topological polar surface area (TPSA) is 57.5 Å². The van der Waals surface area contributed by atoms with E-state index in [-0.39, 0.29) is 24.0 Å². The van der Waals surface area contributed by atoms with Gasteiger partial charge in [-0.3, -0.25) is 9.67 Å². The molecule has 0 aliphatic heterocycles. The lowest BCUT2D eigenvalue weighted by Gasteiger charge is -2.19. The van der Waals surface area contributed by atoms with Gasteiger partial charge in [0.25, 0.3) is 0 Å². The fourth-order valence-corrected chi connectivity index (χ4v) is 3.49. The molecule has 0 spiro atoms. The SMILES string of the molecule is CCNC(=NCCCCN(C)c1ccccc1)NC(C)Cc1c(C)nn(C)c1C.I. The van der Waals surface area contributed by atoms with Crippen LogP contribution in [-0.2, 0) is 13.5 Å². The van der Waals surface area contributed by atoms with Gasteiger partial charge in [0, 0.05) is 51.2 Å². The minimum absolute atomic E-state index is 0. The Hall–Kier alpha value is -1.77. The van der Waals surface area contributed by atoms with Crippen LogP contribution in [0, 0.1) is 13.8 Å². The Balaban J connectivity index is 0.00000450. The molecule has 0 bridgehead atoms. The summed E-state index contributed by atoms with van der Waals surface area (Å²) < 4.78 is 1.96. The number of aromatic nitrogens is 2. The van der Waals surface area contributed by atoms with Crippen molar-refractivity contribution >= 4 is 35.6 Å². The van der Waals surface area contributed by atoms with Crippen molar-refractivity contribution in [3.05, 3.63) is 47.3 Å². The average molecular weight is 527 g/mol. The molecule has 1 aromatic heterocycles. The van der Waals surface area contributed by atoms with Gasteiger partial charge in [0.2, 0.25) is 0 Å². The molecular weight excluding hydrogens is 487 g/mol. The van der Waals surface area contributed by atoms with Crippen molar-refractivity contribution in [2.24, 2.45) is 12.0 Å². The molecule has 1 atom stereocenters. The number of halogens is 1. The van der Waals surface area contributed by atoms with Crippen molar-refractivity contribution in [2.75, 3.05) is 31.6 Å². The summed E-state index contributed by atoms with van der Waals surface area (Å²) in [4.78, 5) is 7.07. The largest absolute Gasteiger partial charge is 0.375 e. The number of aliphatic imine (C=N–C) groups is 1. The molecule has 2 aromatic rings. The molecule has 0 radical (unpaired) electrons. The summed E-state index contributed by atoms with van der Waals surface area (Å²) in [5.41, 5.74) is 4.94. The van der Waals surface area contributed by atoms with Gasteiger partial charge in [0.05, 0.1) is 5.69 Å². The van der Waals surface area contributed by atoms with Crippen LogP contribution in [0.4, 0.5) is 5.69 Å². The summed E-state index contributed by atoms with van der Waals surface area (Å²) in [5, 5.41) is 11.4. The normalized spacial score (nSPS) is 12.3. The number of hydrogen-bond donors (Lipinski definition) is 2. The van der Waals surface area contributed by atoms with E-state index >= 15 is 0 Å². The Morgan fingerprint density at radius 1 is 1.20 bits per heavy atom. The number of benzene rings is 1. The molecule has 1 aromatic carbocycles. The van der Waals surface area contributed by atoms with Crippen molar-refractivity contribution in [1.29, 1.82) is 0 Å². The van der Waals surface area contributed by atoms with Gasteiger partial charge in [-0.25, -0.2) is 0 Å². The number of nitrogens with zero attached hydrogens (tertiary/aromatic N) is 4. The van der Waals surface area contributed by atoms with Gasteiger partial charge in [-0.2, -0.15) is 5.10 Å². The van der Waals surface area contributed by atoms with E-state index in [9.17, 15) is 0 Å². The highest BCUT2D eigenvalue weighted by atomic mass is 127. The van der Waals surface area contributed by atoms with Crippen LogP contribution in [0.25, 0.3) is 0 Å². The predicted molar refractivity (Wildman–Crippen MR) is 139 cm³/mol. The van der Waals surface area contributed by atoms with Gasteiger partial charge in [-0.1, -0.05) is 18.2 Å². The number of para-hydroxylation sites is 1. The van der Waals surface area contributed by atoms with Crippen molar-refractivity contribution in [1.82, 2.24) is 20.4 Å². The fourth-order valence-electron chi connectivity index (χ4n) is 3.49. The van der Waals surface area contributed by atoms with Gasteiger partial charge in [0.1, 0.15) is 0 Å². The number of guanidine groups is 1. The summed E-state index contributed by atoms with van der Waals surface area (Å²) >= 11 is 0. The molecule has 0 fully saturated rings. The Labute approximate surface area is 199 Å². The molecule has 2 rings (SSSR count). The van der Waals surface area contributed by atoms with Gasteiger partial charge in [0.15, 0.2) is 5.96 Å². The van der Waals surface area contributed by atoms with Crippen molar-refractivity contribution < 1.29 is 0 Å². The van der Waals surface area contributed by atoms with Crippen molar-refractivity contribution in [3.8, 4) is 0 Å². The van der Waals surface area contributed by atoms with E-state index in [1.165, 1.54) is 16.9 Å². The highest BCUT2D eigenvalue weighted by Gasteiger charge is 2.14. The highest BCUT2D eigenvalue weighted by Crippen LogP contribution is 2.14. The molecule has 2 N–H and O–H groups in total. The average Bonchev–Trinajstić information content (AvgIpc) is 2.94. The van der Waals surface area contributed by atoms with Crippen molar-refractivity contribution in [2.45, 2.75) is 53.0 Å². The number of unbranched alkanes of at least 4 members (excludes halogenated alkanes) is 1. The van der Waals surface area contributed by atoms with Crippen LogP contribution in [0.15, 0.2) is 35.3 Å². The third-order valence-electron chi connectivity index (χ3n) is 5.27. The van der Waals surface area contributed by atoms with Crippen LogP contribution in [0.1, 0.15) is 43.6 Å². The minimum atomic E-state index is 0. The minimum Gasteiger partial charge on any atom is -0.375 e. The second kappa shape index (κ2) is 13.5. The fraction of sp³-hybridized carbons (Fsp3) is 0.565. The van der Waals surface area contributed by atoms with Crippen LogP contribution in [0.5, 0.6) is 0 Å². The molecule has 168 valence electrons. The Kier molecular flexibility index (Phi) is 11.8. The van der Waals surface area contributed by atoms with Crippen LogP contribution in [0.3, 0.4) is 0 Å². The van der Waals surface area contributed by atoms with Gasteiger partial charge in [-0.05, 0) is 64.7 Å². The molecule has 0 saturated heterocycles. The first-order valence-electron chi connectivity index (χ1n) is 10.7. The smallest absolute Gasteiger partial charge is 0.191 e. The van der Waals surface area contributed by atoms with Crippen LogP contribution in [-0.4, -0.2) is 48.5 Å². The van der Waals surface area contributed by atoms with Crippen LogP contribution in [0.2, 0.25) is 0 Å². The second-order valence-corrected chi connectivity index (χ2v) is 7.75. The lowest BCUT2D eigenvalue weighted by molar-refractivity contribution is 0.633. The maximum Gasteiger partial charge on any atom is 0.191 e. The Morgan fingerprint density at radius 2 is 1.90 bits per heavy atom. The lowest BCUT2D eigenvalue weighted by atomic mass is 10.1. The highest BCUT2D eigenvalue weighted by molar-refractivity contribution is 14.0. The number of nitrogens with one attached hydrogen (secondary N) is 2. The zero-order chi connectivity index (χ0) is 21.2. The van der Waals surface area contributed by atoms with E-state index < -0.39 is 0 Å². The standard InChI is InChI=1S/C23H38N6.HI/c1-7-24-23(26-18(2)17-22-19(3)27-29(6)20(22)4)25-15-11-12-16-28(5)21-13-9-8-10-14-21;/h8-10,13-14,18H,7,11-12,15-17H2,1-6H3,(H2,24,25,26);1H. The summed E-state index contributed by atoms with van der Waals surface area (Å²) in [7, 11) is 4.15. The number of aryl methyl sites for hydroxylation is 2. The van der Waals surface area contributed by atoms with E-state index in [0.717, 1.165) is 50.6 Å². The summed E-state index contributed by atoms with van der Waals surface area (Å²) in [6.45, 7) is 11.3. The molecule has 1 unspecified atom stereocenters. The maximum absolute atomic E-state index is 4.77. The Morgan fingerprint density at radius 3 is 2.50 bits per heavy atom. The third kappa shape index (κ3) is 8.16. The molecule has 30 heavy (non-hydrogen) atoms. The first-order valence-corrected chi connectivity index (χ1v) is 10.7. The maximum atomic E-state index is 4.77. The van der Waals surface area contributed by atoms with Crippen LogP contribution >= 0.6 is 24.0 Å². The summed E-state index contributed by atoms with van der Waals surface area (Å²) in [6, 6.07) is 10.8. The zero-order valence-corrected chi connectivity index (χ0v) is 21.7. The number of hydrogen-bond acceptors (Lipinski definition) is 3. The van der Waals surface area contributed by atoms with Crippen LogP contribution < -0.4 is 15.5 Å². The number of anilines is 1. The Bertz CT molecular complexity index is 772. The first kappa shape index (κ1) is 26.3. The summed E-state index contributed by atoms with van der Waals surface area (Å²) in [6.07, 6.45) is 3.14. The number of rotatable bonds is 10. The molecule has 0 amide bonds. The predicted octanol–water partition coefficient (Wildman–Crippen LogP) is 4.06. The molecule has 0 aliphatic carbocycles. The molecule has 0 saturated carbocycles. The molecule has 7 heteroatoms. The quantitative estimate of drug-likeness (QED) is 0.212. The first-order chi connectivity index (χ1) is 13.9. The molecule has 0 aliphatic rings. The van der Waals surface area contributed by atoms with E-state index in [4.69, 9.17) is 4.99 Å². The van der Waals surface area contributed by atoms with Gasteiger partial charge in [-0.15, -0.1) is 24.0 Å². The lowest BCUT2D eigenvalue weighted by Crippen LogP contribution is -2.43. The van der Waals surface area contributed by atoms with Gasteiger partial charge < -0.3 is 15.5 Å². The summed E-state index contributed by atoms with van der Waals surface area (Å²) in [5.74, 6) is 0.899. The van der Waals surface area contributed by atoms with E-state index in [1.54, 1.807) is 0 Å². The van der Waals surface area contributed by atoms with Gasteiger partial charge >= 0.3 is 0 Å². The van der Waals surface area contributed by atoms with Crippen molar-refractivity contribution in [3.63, 3.8) is 0 Å². The van der Waals surface area contributed by atoms with E-state index in [1.807, 2.05) is 11.7 Å². The zero-order valence-electron chi connectivity index (χ0n) is 19.4. The molecule has 6 nitrogen and oxygen atoms in total. The van der Waals surface area contributed by atoms with E-state index in [0.29, 0.717) is 6.04 Å². The molecule has 1 heterocycles. The molecular formula is C23H39IN6.